The minimum Gasteiger partial charge on any atom is -0.483 e. The summed E-state index contributed by atoms with van der Waals surface area (Å²) in [6.07, 6.45) is 6.70. The van der Waals surface area contributed by atoms with Crippen molar-refractivity contribution in [2.75, 3.05) is 13.2 Å². The molecule has 2 rings (SSSR count). The highest BCUT2D eigenvalue weighted by Gasteiger charge is 2.11. The standard InChI is InChI=1S/C19H27N3O2/c1-4-15(2)17-9-5-6-10-18(17)24-14-19(23)20-11-7-8-16-12-21-22(3)13-16/h5-6,9-10,12-13,15H,4,7-8,11,14H2,1-3H3,(H,20,23). The van der Waals surface area contributed by atoms with Crippen LogP contribution in [0.2, 0.25) is 0 Å². The Balaban J connectivity index is 1.71. The molecule has 130 valence electrons. The number of amides is 1. The first-order valence-electron chi connectivity index (χ1n) is 8.56. The number of hydrogen-bond acceptors (Lipinski definition) is 3. The Morgan fingerprint density at radius 3 is 2.88 bits per heavy atom. The predicted molar refractivity (Wildman–Crippen MR) is 95.2 cm³/mol. The lowest BCUT2D eigenvalue weighted by molar-refractivity contribution is -0.123. The first-order valence-corrected chi connectivity index (χ1v) is 8.56. The summed E-state index contributed by atoms with van der Waals surface area (Å²) in [5.41, 5.74) is 2.34. The molecular formula is C19H27N3O2. The summed E-state index contributed by atoms with van der Waals surface area (Å²) in [5, 5.41) is 7.03. The van der Waals surface area contributed by atoms with E-state index in [2.05, 4.69) is 30.3 Å². The van der Waals surface area contributed by atoms with Crippen LogP contribution < -0.4 is 10.1 Å². The molecule has 1 aromatic carbocycles. The van der Waals surface area contributed by atoms with E-state index in [0.717, 1.165) is 30.6 Å². The minimum atomic E-state index is -0.0832. The molecule has 0 aliphatic heterocycles. The van der Waals surface area contributed by atoms with E-state index in [-0.39, 0.29) is 12.5 Å². The number of nitrogens with zero attached hydrogens (tertiary/aromatic N) is 2. The lowest BCUT2D eigenvalue weighted by Crippen LogP contribution is -2.30. The van der Waals surface area contributed by atoms with Crippen LogP contribution in [0.25, 0.3) is 0 Å². The number of ether oxygens (including phenoxy) is 1. The number of para-hydroxylation sites is 1. The van der Waals surface area contributed by atoms with Crippen LogP contribution in [-0.4, -0.2) is 28.8 Å². The summed E-state index contributed by atoms with van der Waals surface area (Å²) in [5.74, 6) is 1.14. The fourth-order valence-electron chi connectivity index (χ4n) is 2.55. The van der Waals surface area contributed by atoms with Crippen LogP contribution >= 0.6 is 0 Å². The smallest absolute Gasteiger partial charge is 0.257 e. The van der Waals surface area contributed by atoms with E-state index < -0.39 is 0 Å². The van der Waals surface area contributed by atoms with Crippen molar-refractivity contribution >= 4 is 5.91 Å². The largest absolute Gasteiger partial charge is 0.483 e. The average molecular weight is 329 g/mol. The average Bonchev–Trinajstić information content (AvgIpc) is 3.01. The lowest BCUT2D eigenvalue weighted by Gasteiger charge is -2.15. The van der Waals surface area contributed by atoms with Crippen molar-refractivity contribution in [3.05, 3.63) is 47.8 Å². The lowest BCUT2D eigenvalue weighted by atomic mass is 9.98. The predicted octanol–water partition coefficient (Wildman–Crippen LogP) is 3.06. The van der Waals surface area contributed by atoms with E-state index in [9.17, 15) is 4.79 Å². The van der Waals surface area contributed by atoms with Gasteiger partial charge in [-0.3, -0.25) is 9.48 Å². The molecule has 1 unspecified atom stereocenters. The second-order valence-electron chi connectivity index (χ2n) is 6.11. The highest BCUT2D eigenvalue weighted by Crippen LogP contribution is 2.28. The van der Waals surface area contributed by atoms with Crippen molar-refractivity contribution in [3.63, 3.8) is 0 Å². The van der Waals surface area contributed by atoms with Crippen LogP contribution in [-0.2, 0) is 18.3 Å². The first kappa shape index (κ1) is 18.0. The summed E-state index contributed by atoms with van der Waals surface area (Å²) in [6, 6.07) is 7.94. The van der Waals surface area contributed by atoms with Gasteiger partial charge in [0, 0.05) is 19.8 Å². The molecule has 0 aliphatic carbocycles. The molecule has 0 aliphatic rings. The molecule has 1 amide bonds. The normalized spacial score (nSPS) is 12.0. The van der Waals surface area contributed by atoms with Crippen LogP contribution in [0, 0.1) is 0 Å². The van der Waals surface area contributed by atoms with Crippen LogP contribution in [0.15, 0.2) is 36.7 Å². The monoisotopic (exact) mass is 329 g/mol. The molecule has 0 spiro atoms. The number of aromatic nitrogens is 2. The van der Waals surface area contributed by atoms with E-state index in [0.29, 0.717) is 12.5 Å². The topological polar surface area (TPSA) is 56.1 Å². The number of carbonyl (C=O) groups is 1. The number of benzene rings is 1. The summed E-state index contributed by atoms with van der Waals surface area (Å²) < 4.78 is 7.50. The SMILES string of the molecule is CCC(C)c1ccccc1OCC(=O)NCCCc1cnn(C)c1. The van der Waals surface area contributed by atoms with Gasteiger partial charge in [0.1, 0.15) is 5.75 Å². The molecule has 5 heteroatoms. The summed E-state index contributed by atoms with van der Waals surface area (Å²) in [4.78, 5) is 11.9. The summed E-state index contributed by atoms with van der Waals surface area (Å²) in [6.45, 7) is 5.02. The summed E-state index contributed by atoms with van der Waals surface area (Å²) >= 11 is 0. The number of aryl methyl sites for hydroxylation is 2. The molecule has 24 heavy (non-hydrogen) atoms. The Labute approximate surface area is 144 Å². The van der Waals surface area contributed by atoms with E-state index in [4.69, 9.17) is 4.74 Å². The molecule has 1 aromatic heterocycles. The third kappa shape index (κ3) is 5.41. The molecule has 0 saturated heterocycles. The van der Waals surface area contributed by atoms with Gasteiger partial charge in [0.2, 0.25) is 0 Å². The van der Waals surface area contributed by atoms with Crippen molar-refractivity contribution in [2.45, 2.75) is 39.0 Å². The number of rotatable bonds is 9. The van der Waals surface area contributed by atoms with Crippen molar-refractivity contribution in [1.29, 1.82) is 0 Å². The Morgan fingerprint density at radius 2 is 2.17 bits per heavy atom. The van der Waals surface area contributed by atoms with Gasteiger partial charge in [0.25, 0.3) is 5.91 Å². The molecule has 0 bridgehead atoms. The molecule has 0 radical (unpaired) electrons. The van der Waals surface area contributed by atoms with E-state index in [1.807, 2.05) is 37.6 Å². The Morgan fingerprint density at radius 1 is 1.38 bits per heavy atom. The van der Waals surface area contributed by atoms with Gasteiger partial charge in [-0.2, -0.15) is 5.10 Å². The number of carbonyl (C=O) groups excluding carboxylic acids is 1. The Hall–Kier alpha value is -2.30. The first-order chi connectivity index (χ1) is 11.6. The molecule has 0 fully saturated rings. The van der Waals surface area contributed by atoms with Gasteiger partial charge in [0.15, 0.2) is 6.61 Å². The zero-order valence-electron chi connectivity index (χ0n) is 14.8. The summed E-state index contributed by atoms with van der Waals surface area (Å²) in [7, 11) is 1.90. The van der Waals surface area contributed by atoms with Gasteiger partial charge < -0.3 is 10.1 Å². The van der Waals surface area contributed by atoms with Crippen molar-refractivity contribution < 1.29 is 9.53 Å². The maximum absolute atomic E-state index is 11.9. The van der Waals surface area contributed by atoms with Crippen LogP contribution in [0.3, 0.4) is 0 Å². The van der Waals surface area contributed by atoms with Gasteiger partial charge >= 0.3 is 0 Å². The quantitative estimate of drug-likeness (QED) is 0.719. The second-order valence-corrected chi connectivity index (χ2v) is 6.11. The number of hydrogen-bond donors (Lipinski definition) is 1. The second kappa shape index (κ2) is 9.11. The van der Waals surface area contributed by atoms with Crippen molar-refractivity contribution in [1.82, 2.24) is 15.1 Å². The molecule has 5 nitrogen and oxygen atoms in total. The van der Waals surface area contributed by atoms with Gasteiger partial charge in [-0.1, -0.05) is 32.0 Å². The van der Waals surface area contributed by atoms with Gasteiger partial charge in [-0.05, 0) is 42.4 Å². The highest BCUT2D eigenvalue weighted by molar-refractivity contribution is 5.77. The maximum atomic E-state index is 11.9. The maximum Gasteiger partial charge on any atom is 0.257 e. The van der Waals surface area contributed by atoms with Gasteiger partial charge in [-0.25, -0.2) is 0 Å². The van der Waals surface area contributed by atoms with Gasteiger partial charge in [-0.15, -0.1) is 0 Å². The van der Waals surface area contributed by atoms with E-state index >= 15 is 0 Å². The van der Waals surface area contributed by atoms with E-state index in [1.54, 1.807) is 4.68 Å². The highest BCUT2D eigenvalue weighted by atomic mass is 16.5. The fourth-order valence-corrected chi connectivity index (χ4v) is 2.55. The van der Waals surface area contributed by atoms with Crippen molar-refractivity contribution in [3.8, 4) is 5.75 Å². The Kier molecular flexibility index (Phi) is 6.85. The van der Waals surface area contributed by atoms with Gasteiger partial charge in [0.05, 0.1) is 6.20 Å². The minimum absolute atomic E-state index is 0.0559. The Bertz CT molecular complexity index is 652. The molecule has 0 saturated carbocycles. The third-order valence-corrected chi connectivity index (χ3v) is 4.14. The van der Waals surface area contributed by atoms with E-state index in [1.165, 1.54) is 5.56 Å². The van der Waals surface area contributed by atoms with Crippen LogP contribution in [0.1, 0.15) is 43.7 Å². The molecule has 2 aromatic rings. The molecule has 1 N–H and O–H groups in total. The molecule has 1 heterocycles. The van der Waals surface area contributed by atoms with Crippen LogP contribution in [0.4, 0.5) is 0 Å². The zero-order chi connectivity index (χ0) is 17.4. The van der Waals surface area contributed by atoms with Crippen LogP contribution in [0.5, 0.6) is 5.75 Å². The molecule has 1 atom stereocenters. The molecular weight excluding hydrogens is 302 g/mol. The number of nitrogens with one attached hydrogen (secondary N) is 1. The fraction of sp³-hybridized carbons (Fsp3) is 0.474. The third-order valence-electron chi connectivity index (χ3n) is 4.14. The van der Waals surface area contributed by atoms with Crippen molar-refractivity contribution in [2.24, 2.45) is 7.05 Å². The zero-order valence-corrected chi connectivity index (χ0v) is 14.8.